The summed E-state index contributed by atoms with van der Waals surface area (Å²) in [6, 6.07) is 1.91. The Labute approximate surface area is 156 Å². The molecule has 2 aliphatic rings. The first-order chi connectivity index (χ1) is 12.7. The van der Waals surface area contributed by atoms with Crippen molar-refractivity contribution in [1.82, 2.24) is 15.5 Å². The molecule has 0 bridgehead atoms. The second kappa shape index (κ2) is 7.25. The first-order valence-corrected chi connectivity index (χ1v) is 9.11. The minimum Gasteiger partial charge on any atom is -0.352 e. The van der Waals surface area contributed by atoms with E-state index in [2.05, 4.69) is 17.6 Å². The van der Waals surface area contributed by atoms with Crippen LogP contribution in [0.3, 0.4) is 0 Å². The Morgan fingerprint density at radius 3 is 2.70 bits per heavy atom. The van der Waals surface area contributed by atoms with Crippen molar-refractivity contribution in [3.63, 3.8) is 0 Å². The molecule has 3 rings (SSSR count). The molecule has 1 aliphatic heterocycles. The standard InChI is InChI=1S/C19H23F2N3O3/c1-11-5-3-4-6-15(11)22-16(25)10-24-17(26)19(2,23-18(24)27)13-9-12(20)7-8-14(13)21/h7-9,11,15H,3-6,10H2,1-2H3,(H,22,25)(H,23,27)/t11-,15+,19+/m1/s1. The average molecular weight is 379 g/mol. The van der Waals surface area contributed by atoms with E-state index in [-0.39, 0.29) is 11.6 Å². The number of nitrogens with zero attached hydrogens (tertiary/aromatic N) is 1. The van der Waals surface area contributed by atoms with Crippen molar-refractivity contribution < 1.29 is 23.2 Å². The number of carbonyl (C=O) groups excluding carboxylic acids is 3. The van der Waals surface area contributed by atoms with Crippen LogP contribution < -0.4 is 10.6 Å². The molecule has 1 heterocycles. The molecular weight excluding hydrogens is 356 g/mol. The van der Waals surface area contributed by atoms with Crippen molar-refractivity contribution in [3.8, 4) is 0 Å². The predicted octanol–water partition coefficient (Wildman–Crippen LogP) is 2.43. The van der Waals surface area contributed by atoms with E-state index in [1.807, 2.05) is 0 Å². The van der Waals surface area contributed by atoms with Gasteiger partial charge >= 0.3 is 6.03 Å². The third-order valence-corrected chi connectivity index (χ3v) is 5.50. The summed E-state index contributed by atoms with van der Waals surface area (Å²) >= 11 is 0. The van der Waals surface area contributed by atoms with Crippen LogP contribution in [-0.4, -0.2) is 35.3 Å². The zero-order valence-electron chi connectivity index (χ0n) is 15.4. The van der Waals surface area contributed by atoms with E-state index in [0.717, 1.165) is 48.8 Å². The van der Waals surface area contributed by atoms with Gasteiger partial charge in [-0.2, -0.15) is 0 Å². The van der Waals surface area contributed by atoms with Gasteiger partial charge < -0.3 is 10.6 Å². The molecule has 6 nitrogen and oxygen atoms in total. The normalized spacial score (nSPS) is 28.2. The summed E-state index contributed by atoms with van der Waals surface area (Å²) in [6.45, 7) is 2.90. The zero-order valence-corrected chi connectivity index (χ0v) is 15.4. The fraction of sp³-hybridized carbons (Fsp3) is 0.526. The van der Waals surface area contributed by atoms with Crippen LogP contribution in [0.2, 0.25) is 0 Å². The van der Waals surface area contributed by atoms with E-state index in [0.29, 0.717) is 5.92 Å². The number of imide groups is 1. The van der Waals surface area contributed by atoms with E-state index in [1.54, 1.807) is 0 Å². The van der Waals surface area contributed by atoms with Gasteiger partial charge in [0.25, 0.3) is 5.91 Å². The fourth-order valence-electron chi connectivity index (χ4n) is 3.83. The number of halogens is 2. The highest BCUT2D eigenvalue weighted by Crippen LogP contribution is 2.31. The molecule has 27 heavy (non-hydrogen) atoms. The van der Waals surface area contributed by atoms with E-state index >= 15 is 0 Å². The topological polar surface area (TPSA) is 78.5 Å². The van der Waals surface area contributed by atoms with Crippen LogP contribution in [0, 0.1) is 17.6 Å². The summed E-state index contributed by atoms with van der Waals surface area (Å²) in [5.41, 5.74) is -2.04. The molecule has 1 saturated carbocycles. The molecule has 3 atom stereocenters. The van der Waals surface area contributed by atoms with Crippen molar-refractivity contribution in [2.75, 3.05) is 6.54 Å². The van der Waals surface area contributed by atoms with Crippen molar-refractivity contribution in [2.45, 2.75) is 51.1 Å². The van der Waals surface area contributed by atoms with Crippen molar-refractivity contribution in [2.24, 2.45) is 5.92 Å². The second-order valence-corrected chi connectivity index (χ2v) is 7.51. The van der Waals surface area contributed by atoms with E-state index in [9.17, 15) is 23.2 Å². The van der Waals surface area contributed by atoms with Crippen LogP contribution in [0.5, 0.6) is 0 Å². The molecule has 0 radical (unpaired) electrons. The fourth-order valence-corrected chi connectivity index (χ4v) is 3.83. The molecule has 1 saturated heterocycles. The maximum Gasteiger partial charge on any atom is 0.325 e. The summed E-state index contributed by atoms with van der Waals surface area (Å²) in [4.78, 5) is 38.1. The molecule has 4 amide bonds. The first kappa shape index (κ1) is 19.3. The third-order valence-electron chi connectivity index (χ3n) is 5.50. The summed E-state index contributed by atoms with van der Waals surface area (Å²) in [5, 5.41) is 5.26. The Kier molecular flexibility index (Phi) is 5.17. The number of urea groups is 1. The van der Waals surface area contributed by atoms with E-state index in [4.69, 9.17) is 0 Å². The van der Waals surface area contributed by atoms with Crippen LogP contribution in [-0.2, 0) is 15.1 Å². The monoisotopic (exact) mass is 379 g/mol. The molecule has 0 spiro atoms. The average Bonchev–Trinajstić information content (AvgIpc) is 2.83. The van der Waals surface area contributed by atoms with Crippen LogP contribution in [0.1, 0.15) is 45.1 Å². The van der Waals surface area contributed by atoms with Crippen LogP contribution in [0.15, 0.2) is 18.2 Å². The van der Waals surface area contributed by atoms with Crippen LogP contribution in [0.4, 0.5) is 13.6 Å². The number of carbonyl (C=O) groups is 3. The van der Waals surface area contributed by atoms with Crippen molar-refractivity contribution in [1.29, 1.82) is 0 Å². The predicted molar refractivity (Wildman–Crippen MR) is 93.5 cm³/mol. The van der Waals surface area contributed by atoms with Gasteiger partial charge in [0.1, 0.15) is 23.7 Å². The summed E-state index contributed by atoms with van der Waals surface area (Å²) in [7, 11) is 0. The number of nitrogens with one attached hydrogen (secondary N) is 2. The molecule has 2 fully saturated rings. The lowest BCUT2D eigenvalue weighted by molar-refractivity contribution is -0.135. The van der Waals surface area contributed by atoms with Gasteiger partial charge in [-0.15, -0.1) is 0 Å². The van der Waals surface area contributed by atoms with Gasteiger partial charge in [-0.1, -0.05) is 19.8 Å². The highest BCUT2D eigenvalue weighted by molar-refractivity contribution is 6.09. The van der Waals surface area contributed by atoms with E-state index in [1.165, 1.54) is 6.92 Å². The van der Waals surface area contributed by atoms with Gasteiger partial charge in [-0.25, -0.2) is 13.6 Å². The maximum atomic E-state index is 14.1. The largest absolute Gasteiger partial charge is 0.352 e. The Morgan fingerprint density at radius 1 is 1.30 bits per heavy atom. The Morgan fingerprint density at radius 2 is 2.00 bits per heavy atom. The molecule has 0 unspecified atom stereocenters. The number of amides is 4. The Bertz CT molecular complexity index is 785. The minimum atomic E-state index is -1.76. The summed E-state index contributed by atoms with van der Waals surface area (Å²) in [6.07, 6.45) is 4.03. The number of hydrogen-bond acceptors (Lipinski definition) is 3. The lowest BCUT2D eigenvalue weighted by Gasteiger charge is -2.30. The van der Waals surface area contributed by atoms with E-state index < -0.39 is 41.6 Å². The van der Waals surface area contributed by atoms with Gasteiger partial charge in [-0.3, -0.25) is 14.5 Å². The molecule has 1 aliphatic carbocycles. The highest BCUT2D eigenvalue weighted by atomic mass is 19.1. The SMILES string of the molecule is C[C@@H]1CCCC[C@@H]1NC(=O)CN1C(=O)N[C@@](C)(c2cc(F)ccc2F)C1=O. The first-order valence-electron chi connectivity index (χ1n) is 9.11. The number of hydrogen-bond donors (Lipinski definition) is 2. The van der Waals surface area contributed by atoms with Gasteiger partial charge in [0.05, 0.1) is 0 Å². The van der Waals surface area contributed by atoms with Crippen molar-refractivity contribution in [3.05, 3.63) is 35.4 Å². The van der Waals surface area contributed by atoms with Gasteiger partial charge in [0.2, 0.25) is 5.91 Å². The smallest absolute Gasteiger partial charge is 0.325 e. The molecule has 2 N–H and O–H groups in total. The maximum absolute atomic E-state index is 14.1. The lowest BCUT2D eigenvalue weighted by Crippen LogP contribution is -2.47. The second-order valence-electron chi connectivity index (χ2n) is 7.51. The molecule has 8 heteroatoms. The molecular formula is C19H23F2N3O3. The highest BCUT2D eigenvalue weighted by Gasteiger charge is 2.51. The molecule has 0 aromatic heterocycles. The summed E-state index contributed by atoms with van der Waals surface area (Å²) in [5.74, 6) is -2.44. The quantitative estimate of drug-likeness (QED) is 0.789. The Hall–Kier alpha value is -2.51. The minimum absolute atomic E-state index is 0.0130. The van der Waals surface area contributed by atoms with Crippen LogP contribution >= 0.6 is 0 Å². The van der Waals surface area contributed by atoms with Gasteiger partial charge in [-0.05, 0) is 43.9 Å². The number of rotatable bonds is 4. The molecule has 146 valence electrons. The van der Waals surface area contributed by atoms with Crippen LogP contribution in [0.25, 0.3) is 0 Å². The number of benzene rings is 1. The van der Waals surface area contributed by atoms with Gasteiger partial charge in [0.15, 0.2) is 0 Å². The Balaban J connectivity index is 1.74. The van der Waals surface area contributed by atoms with Gasteiger partial charge in [0, 0.05) is 11.6 Å². The summed E-state index contributed by atoms with van der Waals surface area (Å²) < 4.78 is 27.7. The zero-order chi connectivity index (χ0) is 19.8. The van der Waals surface area contributed by atoms with Crippen molar-refractivity contribution >= 4 is 17.8 Å². The molecule has 1 aromatic rings. The molecule has 1 aromatic carbocycles. The lowest BCUT2D eigenvalue weighted by atomic mass is 9.86. The third kappa shape index (κ3) is 3.65.